The maximum absolute atomic E-state index is 12.5. The van der Waals surface area contributed by atoms with Crippen molar-refractivity contribution in [1.29, 1.82) is 0 Å². The van der Waals surface area contributed by atoms with Gasteiger partial charge in [0.25, 0.3) is 0 Å². The van der Waals surface area contributed by atoms with Crippen molar-refractivity contribution in [2.75, 3.05) is 26.4 Å². The number of allylic oxidation sites excluding steroid dienone is 6. The maximum atomic E-state index is 12.5. The number of aliphatic hydroxyl groups is 1. The zero-order valence-corrected chi connectivity index (χ0v) is 33.3. The number of hydrogen-bond acceptors (Lipinski definition) is 8. The largest absolute Gasteiger partial charge is 0.498 e. The predicted molar refractivity (Wildman–Crippen MR) is 211 cm³/mol. The van der Waals surface area contributed by atoms with Crippen molar-refractivity contribution in [2.45, 2.75) is 180 Å². The first-order chi connectivity index (χ1) is 24.8. The number of phosphoric ester groups is 1. The molecule has 0 aromatic heterocycles. The molecule has 10 heteroatoms. The minimum atomic E-state index is -4.31. The number of hydrogen-bond donors (Lipinski definition) is 3. The standard InChI is InChI=1S/C41H76NO8P/c1-3-5-7-8-9-10-11-12-13-14-15-16-20-23-26-30-35-47-37-40(38-49-51(45,46)48-36-34-42)50-41(44)33-29-25-22-19-17-18-21-24-28-32-39(43)31-27-6-4-2/h20-21,23-24,28,30,32,35,39-40,43H,3-19,22,25-27,29,31,33-34,36-38,42H2,1-2H3,(H,45,46). The van der Waals surface area contributed by atoms with E-state index in [4.69, 9.17) is 24.3 Å². The van der Waals surface area contributed by atoms with Gasteiger partial charge in [0, 0.05) is 13.0 Å². The number of ether oxygens (including phenoxy) is 2. The highest BCUT2D eigenvalue weighted by Crippen LogP contribution is 2.43. The van der Waals surface area contributed by atoms with Crippen molar-refractivity contribution in [3.63, 3.8) is 0 Å². The summed E-state index contributed by atoms with van der Waals surface area (Å²) in [6, 6.07) is 0. The van der Waals surface area contributed by atoms with Crippen LogP contribution < -0.4 is 5.73 Å². The van der Waals surface area contributed by atoms with E-state index < -0.39 is 19.9 Å². The average molecular weight is 742 g/mol. The Kier molecular flexibility index (Phi) is 36.7. The SMILES string of the molecule is CCCCCCCCCCCCCC=CCC=COCC(COP(=O)(O)OCCN)OC(=O)CCCCCCCC=CC=CC(O)CCCCC. The molecule has 0 rings (SSSR count). The van der Waals surface area contributed by atoms with Crippen molar-refractivity contribution >= 4 is 13.8 Å². The number of unbranched alkanes of at least 4 members (excludes halogenated alkanes) is 18. The van der Waals surface area contributed by atoms with Gasteiger partial charge in [-0.1, -0.05) is 153 Å². The normalized spacial score (nSPS) is 14.6. The van der Waals surface area contributed by atoms with Crippen LogP contribution in [0.2, 0.25) is 0 Å². The molecule has 0 spiro atoms. The van der Waals surface area contributed by atoms with Crippen LogP contribution in [-0.4, -0.2) is 54.5 Å². The number of esters is 1. The molecule has 0 saturated carbocycles. The van der Waals surface area contributed by atoms with Crippen LogP contribution in [0.1, 0.15) is 168 Å². The Morgan fingerprint density at radius 2 is 1.29 bits per heavy atom. The van der Waals surface area contributed by atoms with Crippen molar-refractivity contribution in [3.05, 3.63) is 48.8 Å². The summed E-state index contributed by atoms with van der Waals surface area (Å²) >= 11 is 0. The molecule has 0 aliphatic carbocycles. The monoisotopic (exact) mass is 742 g/mol. The zero-order chi connectivity index (χ0) is 37.5. The second-order valence-corrected chi connectivity index (χ2v) is 14.9. The Labute approximate surface area is 312 Å². The highest BCUT2D eigenvalue weighted by atomic mass is 31.2. The van der Waals surface area contributed by atoms with Gasteiger partial charge in [0.15, 0.2) is 6.10 Å². The van der Waals surface area contributed by atoms with Crippen LogP contribution in [-0.2, 0) is 27.9 Å². The molecule has 0 aliphatic rings. The molecular formula is C41H76NO8P. The number of nitrogens with two attached hydrogens (primary N) is 1. The van der Waals surface area contributed by atoms with E-state index in [2.05, 4.69) is 32.1 Å². The lowest BCUT2D eigenvalue weighted by Gasteiger charge is -2.19. The summed E-state index contributed by atoms with van der Waals surface area (Å²) in [5, 5.41) is 9.91. The molecule has 3 unspecified atom stereocenters. The van der Waals surface area contributed by atoms with Gasteiger partial charge in [0.1, 0.15) is 6.61 Å². The fourth-order valence-corrected chi connectivity index (χ4v) is 6.14. The van der Waals surface area contributed by atoms with Gasteiger partial charge < -0.3 is 25.2 Å². The second-order valence-electron chi connectivity index (χ2n) is 13.4. The highest BCUT2D eigenvalue weighted by Gasteiger charge is 2.25. The Morgan fingerprint density at radius 1 is 0.706 bits per heavy atom. The molecule has 0 amide bonds. The lowest BCUT2D eigenvalue weighted by atomic mass is 10.1. The number of carbonyl (C=O) groups is 1. The van der Waals surface area contributed by atoms with E-state index >= 15 is 0 Å². The molecule has 0 bridgehead atoms. The molecule has 298 valence electrons. The van der Waals surface area contributed by atoms with Crippen LogP contribution in [0.15, 0.2) is 48.8 Å². The molecule has 0 saturated heterocycles. The maximum Gasteiger partial charge on any atom is 0.472 e. The zero-order valence-electron chi connectivity index (χ0n) is 32.4. The van der Waals surface area contributed by atoms with Gasteiger partial charge >= 0.3 is 13.8 Å². The molecule has 4 N–H and O–H groups in total. The van der Waals surface area contributed by atoms with Crippen molar-refractivity contribution in [3.8, 4) is 0 Å². The van der Waals surface area contributed by atoms with Gasteiger partial charge in [0.05, 0.1) is 25.6 Å². The van der Waals surface area contributed by atoms with Gasteiger partial charge in [0.2, 0.25) is 0 Å². The van der Waals surface area contributed by atoms with Crippen LogP contribution in [0, 0.1) is 0 Å². The number of rotatable bonds is 38. The van der Waals surface area contributed by atoms with Crippen LogP contribution in [0.3, 0.4) is 0 Å². The summed E-state index contributed by atoms with van der Waals surface area (Å²) < 4.78 is 33.0. The van der Waals surface area contributed by atoms with Crippen LogP contribution >= 0.6 is 7.82 Å². The van der Waals surface area contributed by atoms with Crippen molar-refractivity contribution < 1.29 is 37.9 Å². The van der Waals surface area contributed by atoms with Gasteiger partial charge in [-0.05, 0) is 51.0 Å². The fraction of sp³-hybridized carbons (Fsp3) is 0.780. The Balaban J connectivity index is 4.24. The fourth-order valence-electron chi connectivity index (χ4n) is 5.38. The van der Waals surface area contributed by atoms with E-state index in [-0.39, 0.29) is 38.9 Å². The molecule has 0 fully saturated rings. The van der Waals surface area contributed by atoms with E-state index in [9.17, 15) is 19.4 Å². The quantitative estimate of drug-likeness (QED) is 0.0141. The van der Waals surface area contributed by atoms with E-state index in [1.165, 1.54) is 70.6 Å². The predicted octanol–water partition coefficient (Wildman–Crippen LogP) is 11.0. The van der Waals surface area contributed by atoms with Gasteiger partial charge in [-0.25, -0.2) is 4.57 Å². The summed E-state index contributed by atoms with van der Waals surface area (Å²) in [4.78, 5) is 22.4. The van der Waals surface area contributed by atoms with E-state index in [0.717, 1.165) is 70.6 Å². The average Bonchev–Trinajstić information content (AvgIpc) is 3.11. The van der Waals surface area contributed by atoms with Crippen LogP contribution in [0.5, 0.6) is 0 Å². The van der Waals surface area contributed by atoms with Gasteiger partial charge in [-0.3, -0.25) is 13.8 Å². The molecule has 9 nitrogen and oxygen atoms in total. The lowest BCUT2D eigenvalue weighted by molar-refractivity contribution is -0.153. The third-order valence-electron chi connectivity index (χ3n) is 8.42. The van der Waals surface area contributed by atoms with E-state index in [1.54, 1.807) is 6.26 Å². The van der Waals surface area contributed by atoms with Gasteiger partial charge in [-0.15, -0.1) is 0 Å². The van der Waals surface area contributed by atoms with Crippen LogP contribution in [0.4, 0.5) is 0 Å². The molecule has 0 aromatic rings. The minimum absolute atomic E-state index is 0.0118. The minimum Gasteiger partial charge on any atom is -0.498 e. The third kappa shape index (κ3) is 37.8. The summed E-state index contributed by atoms with van der Waals surface area (Å²) in [5.41, 5.74) is 5.34. The Hall–Kier alpha value is -1.74. The first-order valence-corrected chi connectivity index (χ1v) is 21.8. The molecule has 0 heterocycles. The molecule has 0 radical (unpaired) electrons. The number of aliphatic hydroxyl groups excluding tert-OH is 1. The summed E-state index contributed by atoms with van der Waals surface area (Å²) in [6.45, 7) is 4.02. The Morgan fingerprint density at radius 3 is 1.94 bits per heavy atom. The third-order valence-corrected chi connectivity index (χ3v) is 9.40. The summed E-state index contributed by atoms with van der Waals surface area (Å²) in [5.74, 6) is -0.399. The highest BCUT2D eigenvalue weighted by molar-refractivity contribution is 7.47. The smallest absolute Gasteiger partial charge is 0.472 e. The topological polar surface area (TPSA) is 138 Å². The van der Waals surface area contributed by atoms with E-state index in [1.807, 2.05) is 24.3 Å². The first kappa shape index (κ1) is 49.3. The molecule has 0 aromatic carbocycles. The van der Waals surface area contributed by atoms with Crippen molar-refractivity contribution in [2.24, 2.45) is 5.73 Å². The number of carbonyl (C=O) groups excluding carboxylic acids is 1. The van der Waals surface area contributed by atoms with Crippen LogP contribution in [0.25, 0.3) is 0 Å². The molecule has 3 atom stereocenters. The molecule has 51 heavy (non-hydrogen) atoms. The lowest BCUT2D eigenvalue weighted by Crippen LogP contribution is -2.27. The van der Waals surface area contributed by atoms with E-state index in [0.29, 0.717) is 6.42 Å². The van der Waals surface area contributed by atoms with Gasteiger partial charge in [-0.2, -0.15) is 0 Å². The molecule has 0 aliphatic heterocycles. The first-order valence-electron chi connectivity index (χ1n) is 20.3. The van der Waals surface area contributed by atoms with Crippen molar-refractivity contribution in [1.82, 2.24) is 0 Å². The Bertz CT molecular complexity index is 939. The summed E-state index contributed by atoms with van der Waals surface area (Å²) in [7, 11) is -4.31. The summed E-state index contributed by atoms with van der Waals surface area (Å²) in [6.07, 6.45) is 41.2. The molecular weight excluding hydrogens is 665 g/mol. The number of phosphoric acid groups is 1. The second kappa shape index (κ2) is 38.0.